The molecule has 13 nitrogen and oxygen atoms in total. The number of carbonyl (C=O) groups excluding carboxylic acids is 3. The van der Waals surface area contributed by atoms with E-state index in [9.17, 15) is 22.8 Å². The number of aryl methyl sites for hydroxylation is 2. The molecule has 1 atom stereocenters. The molecule has 1 aromatic heterocycles. The number of nitrogens with one attached hydrogen (secondary N) is 4. The van der Waals surface area contributed by atoms with Crippen molar-refractivity contribution >= 4 is 45.0 Å². The number of esters is 1. The summed E-state index contributed by atoms with van der Waals surface area (Å²) in [5.41, 5.74) is 3.63. The summed E-state index contributed by atoms with van der Waals surface area (Å²) < 4.78 is 39.9. The smallest absolute Gasteiger partial charge is 0.323 e. The normalized spacial score (nSPS) is 11.7. The van der Waals surface area contributed by atoms with E-state index in [2.05, 4.69) is 25.7 Å². The number of rotatable bonds is 12. The van der Waals surface area contributed by atoms with E-state index in [1.165, 1.54) is 31.3 Å². The van der Waals surface area contributed by atoms with Gasteiger partial charge in [-0.15, -0.1) is 0 Å². The molecule has 14 heteroatoms. The van der Waals surface area contributed by atoms with Gasteiger partial charge in [0.2, 0.25) is 5.91 Å². The molecule has 0 fully saturated rings. The van der Waals surface area contributed by atoms with Crippen molar-refractivity contribution < 1.29 is 32.3 Å². The number of hydrogen-bond donors (Lipinski definition) is 4. The van der Waals surface area contributed by atoms with E-state index in [-0.39, 0.29) is 23.8 Å². The molecular formula is C31H34N6O7S. The topological polar surface area (TPSA) is 170 Å². The molecule has 0 aliphatic carbocycles. The Morgan fingerprint density at radius 1 is 0.933 bits per heavy atom. The molecule has 0 saturated heterocycles. The highest BCUT2D eigenvalue weighted by atomic mass is 32.2. The van der Waals surface area contributed by atoms with Crippen molar-refractivity contribution in [2.45, 2.75) is 30.8 Å². The maximum absolute atomic E-state index is 12.9. The number of carbonyl (C=O) groups is 3. The van der Waals surface area contributed by atoms with Crippen molar-refractivity contribution in [1.29, 1.82) is 0 Å². The second kappa shape index (κ2) is 14.5. The molecule has 0 aliphatic rings. The second-order valence-electron chi connectivity index (χ2n) is 10.1. The van der Waals surface area contributed by atoms with E-state index in [0.717, 1.165) is 5.56 Å². The number of urea groups is 1. The van der Waals surface area contributed by atoms with E-state index in [0.29, 0.717) is 33.9 Å². The lowest BCUT2D eigenvalue weighted by molar-refractivity contribution is -0.141. The molecule has 4 aromatic rings. The number of aromatic nitrogens is 2. The summed E-state index contributed by atoms with van der Waals surface area (Å²) in [6.45, 7) is 1.89. The Bertz CT molecular complexity index is 1790. The summed E-state index contributed by atoms with van der Waals surface area (Å²) >= 11 is 0. The van der Waals surface area contributed by atoms with Crippen molar-refractivity contribution in [1.82, 2.24) is 14.3 Å². The molecule has 236 valence electrons. The van der Waals surface area contributed by atoms with Crippen LogP contribution in [0.25, 0.3) is 0 Å². The van der Waals surface area contributed by atoms with Gasteiger partial charge < -0.3 is 30.0 Å². The minimum absolute atomic E-state index is 0.0165. The van der Waals surface area contributed by atoms with Crippen LogP contribution in [0.5, 0.6) is 5.75 Å². The fourth-order valence-electron chi connectivity index (χ4n) is 4.38. The highest BCUT2D eigenvalue weighted by Crippen LogP contribution is 2.27. The molecule has 0 spiro atoms. The number of imidazole rings is 1. The fraction of sp³-hybridized carbons (Fsp3) is 0.226. The van der Waals surface area contributed by atoms with Crippen LogP contribution in [0, 0.1) is 6.92 Å². The van der Waals surface area contributed by atoms with Crippen LogP contribution >= 0.6 is 0 Å². The van der Waals surface area contributed by atoms with Crippen LogP contribution in [0.1, 0.15) is 29.2 Å². The second-order valence-corrected chi connectivity index (χ2v) is 11.8. The number of amides is 3. The molecule has 3 aromatic carbocycles. The van der Waals surface area contributed by atoms with E-state index >= 15 is 0 Å². The van der Waals surface area contributed by atoms with Gasteiger partial charge in [0.05, 0.1) is 45.1 Å². The largest absolute Gasteiger partial charge is 0.495 e. The summed E-state index contributed by atoms with van der Waals surface area (Å²) in [6, 6.07) is 17.5. The summed E-state index contributed by atoms with van der Waals surface area (Å²) in [6.07, 6.45) is 2.46. The van der Waals surface area contributed by atoms with Crippen LogP contribution in [0.15, 0.2) is 84.3 Å². The summed E-state index contributed by atoms with van der Waals surface area (Å²) in [5.74, 6) is -0.538. The summed E-state index contributed by atoms with van der Waals surface area (Å²) in [7, 11) is 0.293. The Labute approximate surface area is 261 Å². The third-order valence-corrected chi connectivity index (χ3v) is 8.08. The van der Waals surface area contributed by atoms with Gasteiger partial charge in [-0.3, -0.25) is 9.59 Å². The lowest BCUT2D eigenvalue weighted by atomic mass is 10.0. The fourth-order valence-corrected chi connectivity index (χ4v) is 5.59. The Morgan fingerprint density at radius 2 is 1.64 bits per heavy atom. The van der Waals surface area contributed by atoms with Crippen molar-refractivity contribution in [3.63, 3.8) is 0 Å². The first-order valence-electron chi connectivity index (χ1n) is 13.7. The molecule has 0 aliphatic heterocycles. The van der Waals surface area contributed by atoms with E-state index in [1.54, 1.807) is 55.6 Å². The molecule has 0 bridgehead atoms. The quantitative estimate of drug-likeness (QED) is 0.169. The van der Waals surface area contributed by atoms with E-state index < -0.39 is 28.1 Å². The highest BCUT2D eigenvalue weighted by Gasteiger charge is 2.26. The average molecular weight is 635 g/mol. The maximum atomic E-state index is 12.9. The zero-order valence-corrected chi connectivity index (χ0v) is 26.0. The van der Waals surface area contributed by atoms with Gasteiger partial charge in [-0.05, 0) is 53.9 Å². The molecule has 3 amide bonds. The monoisotopic (exact) mass is 634 g/mol. The zero-order valence-electron chi connectivity index (χ0n) is 25.2. The molecule has 1 heterocycles. The van der Waals surface area contributed by atoms with Gasteiger partial charge in [-0.2, -0.15) is 0 Å². The van der Waals surface area contributed by atoms with Crippen molar-refractivity contribution in [2.24, 2.45) is 7.05 Å². The predicted octanol–water partition coefficient (Wildman–Crippen LogP) is 4.15. The Balaban J connectivity index is 1.39. The van der Waals surface area contributed by atoms with Crippen LogP contribution in [0.3, 0.4) is 0 Å². The van der Waals surface area contributed by atoms with Gasteiger partial charge in [-0.25, -0.2) is 22.9 Å². The first-order chi connectivity index (χ1) is 21.5. The van der Waals surface area contributed by atoms with Gasteiger partial charge in [-0.1, -0.05) is 36.4 Å². The molecule has 1 unspecified atom stereocenters. The number of nitrogens with zero attached hydrogens (tertiary/aromatic N) is 2. The SMILES string of the molecule is COC(=O)CC(NS(=O)(=O)c1cn(C)cn1)c1ccc(NC(=O)Cc2ccc(NC(=O)Nc3ccccc3C)c(OC)c2)cc1. The van der Waals surface area contributed by atoms with Crippen LogP contribution in [-0.2, 0) is 37.8 Å². The summed E-state index contributed by atoms with van der Waals surface area (Å²) in [5, 5.41) is 8.17. The predicted molar refractivity (Wildman–Crippen MR) is 168 cm³/mol. The highest BCUT2D eigenvalue weighted by molar-refractivity contribution is 7.89. The van der Waals surface area contributed by atoms with Gasteiger partial charge in [0.15, 0.2) is 5.03 Å². The molecule has 0 saturated carbocycles. The molecule has 0 radical (unpaired) electrons. The summed E-state index contributed by atoms with van der Waals surface area (Å²) in [4.78, 5) is 41.3. The third kappa shape index (κ3) is 8.90. The lowest BCUT2D eigenvalue weighted by Crippen LogP contribution is -2.31. The number of benzene rings is 3. The number of anilines is 3. The number of methoxy groups -OCH3 is 2. The van der Waals surface area contributed by atoms with E-state index in [4.69, 9.17) is 9.47 Å². The number of para-hydroxylation sites is 1. The van der Waals surface area contributed by atoms with Crippen molar-refractivity contribution in [2.75, 3.05) is 30.2 Å². The Kier molecular flexibility index (Phi) is 10.5. The first-order valence-corrected chi connectivity index (χ1v) is 15.2. The lowest BCUT2D eigenvalue weighted by Gasteiger charge is -2.18. The van der Waals surface area contributed by atoms with Crippen molar-refractivity contribution in [3.8, 4) is 5.75 Å². The molecule has 45 heavy (non-hydrogen) atoms. The minimum Gasteiger partial charge on any atom is -0.495 e. The number of hydrogen-bond acceptors (Lipinski definition) is 8. The van der Waals surface area contributed by atoms with Gasteiger partial charge >= 0.3 is 12.0 Å². The van der Waals surface area contributed by atoms with E-state index in [1.807, 2.05) is 25.1 Å². The Morgan fingerprint density at radius 3 is 2.29 bits per heavy atom. The van der Waals surface area contributed by atoms with Crippen LogP contribution < -0.4 is 25.4 Å². The van der Waals surface area contributed by atoms with Crippen LogP contribution in [-0.4, -0.2) is 50.1 Å². The standard InChI is InChI=1S/C31H34N6O7S/c1-20-7-5-6-8-24(20)34-31(40)35-25-14-9-21(15-27(25)43-3)16-28(38)33-23-12-10-22(11-13-23)26(17-30(39)44-4)36-45(41,42)29-18-37(2)19-32-29/h5-15,18-19,26,36H,16-17H2,1-4H3,(H,33,38)(H2,34,35,40). The first kappa shape index (κ1) is 32.7. The van der Waals surface area contributed by atoms with Gasteiger partial charge in [0, 0.05) is 24.6 Å². The van der Waals surface area contributed by atoms with Crippen molar-refractivity contribution in [3.05, 3.63) is 95.9 Å². The zero-order chi connectivity index (χ0) is 32.6. The Hall–Kier alpha value is -5.21. The number of sulfonamides is 1. The van der Waals surface area contributed by atoms with Crippen LogP contribution in [0.2, 0.25) is 0 Å². The van der Waals surface area contributed by atoms with Gasteiger partial charge in [0.1, 0.15) is 5.75 Å². The third-order valence-electron chi connectivity index (χ3n) is 6.72. The molecule has 4 N–H and O–H groups in total. The van der Waals surface area contributed by atoms with Gasteiger partial charge in [0.25, 0.3) is 10.0 Å². The molecule has 4 rings (SSSR count). The molecular weight excluding hydrogens is 600 g/mol. The maximum Gasteiger partial charge on any atom is 0.323 e. The van der Waals surface area contributed by atoms with Crippen LogP contribution in [0.4, 0.5) is 21.9 Å². The average Bonchev–Trinajstić information content (AvgIpc) is 3.46. The number of ether oxygens (including phenoxy) is 2. The minimum atomic E-state index is -4.03.